The summed E-state index contributed by atoms with van der Waals surface area (Å²) in [5.74, 6) is -0.133. The molecule has 2 nitrogen and oxygen atoms in total. The zero-order valence-electron chi connectivity index (χ0n) is 10.9. The lowest BCUT2D eigenvalue weighted by Gasteiger charge is -2.19. The first kappa shape index (κ1) is 14.1. The van der Waals surface area contributed by atoms with Crippen LogP contribution in [0, 0.1) is 0 Å². The van der Waals surface area contributed by atoms with Gasteiger partial charge in [-0.15, -0.1) is 11.8 Å². The number of benzene rings is 1. The Labute approximate surface area is 108 Å². The lowest BCUT2D eigenvalue weighted by Crippen LogP contribution is -2.23. The second-order valence-corrected chi connectivity index (χ2v) is 5.81. The Morgan fingerprint density at radius 1 is 1.24 bits per heavy atom. The van der Waals surface area contributed by atoms with E-state index in [1.165, 1.54) is 10.5 Å². The number of carbonyl (C=O) groups excluding carboxylic acids is 1. The molecule has 0 unspecified atom stereocenters. The maximum absolute atomic E-state index is 11.5. The van der Waals surface area contributed by atoms with E-state index in [9.17, 15) is 4.79 Å². The van der Waals surface area contributed by atoms with Gasteiger partial charge in [-0.1, -0.05) is 12.1 Å². The number of hydrogen-bond acceptors (Lipinski definition) is 3. The fourth-order valence-electron chi connectivity index (χ4n) is 1.43. The summed E-state index contributed by atoms with van der Waals surface area (Å²) in [6.45, 7) is 5.66. The number of rotatable bonds is 4. The molecule has 3 heteroatoms. The number of thioether (sulfide) groups is 1. The zero-order valence-corrected chi connectivity index (χ0v) is 11.8. The van der Waals surface area contributed by atoms with Gasteiger partial charge in [0, 0.05) is 11.3 Å². The monoisotopic (exact) mass is 252 g/mol. The van der Waals surface area contributed by atoms with Crippen molar-refractivity contribution in [3.05, 3.63) is 29.8 Å². The summed E-state index contributed by atoms with van der Waals surface area (Å²) >= 11 is 1.72. The van der Waals surface area contributed by atoms with Gasteiger partial charge < -0.3 is 4.74 Å². The second kappa shape index (κ2) is 6.10. The maximum atomic E-state index is 11.5. The Bertz CT molecular complexity index is 363. The molecule has 1 rings (SSSR count). The van der Waals surface area contributed by atoms with Crippen LogP contribution in [0.15, 0.2) is 29.2 Å². The van der Waals surface area contributed by atoms with Crippen LogP contribution in [0.4, 0.5) is 0 Å². The molecule has 0 radical (unpaired) electrons. The minimum Gasteiger partial charge on any atom is -0.460 e. The van der Waals surface area contributed by atoms with Crippen LogP contribution in [-0.4, -0.2) is 17.8 Å². The van der Waals surface area contributed by atoms with Crippen LogP contribution >= 0.6 is 11.8 Å². The summed E-state index contributed by atoms with van der Waals surface area (Å²) in [6.07, 6.45) is 3.23. The lowest BCUT2D eigenvalue weighted by atomic mass is 10.1. The molecule has 0 atom stereocenters. The third-order valence-electron chi connectivity index (χ3n) is 2.20. The van der Waals surface area contributed by atoms with E-state index >= 15 is 0 Å². The predicted molar refractivity (Wildman–Crippen MR) is 72.4 cm³/mol. The van der Waals surface area contributed by atoms with Gasteiger partial charge in [0.15, 0.2) is 0 Å². The Kier molecular flexibility index (Phi) is 5.06. The first-order valence-electron chi connectivity index (χ1n) is 5.75. The van der Waals surface area contributed by atoms with E-state index in [4.69, 9.17) is 4.74 Å². The maximum Gasteiger partial charge on any atom is 0.306 e. The number of hydrogen-bond donors (Lipinski definition) is 0. The normalized spacial score (nSPS) is 11.3. The molecule has 0 heterocycles. The van der Waals surface area contributed by atoms with Crippen molar-refractivity contribution in [1.29, 1.82) is 0 Å². The molecule has 0 aliphatic carbocycles. The van der Waals surface area contributed by atoms with Crippen molar-refractivity contribution in [3.8, 4) is 0 Å². The number of esters is 1. The highest BCUT2D eigenvalue weighted by Crippen LogP contribution is 2.16. The van der Waals surface area contributed by atoms with Crippen LogP contribution < -0.4 is 0 Å². The standard InChI is InChI=1S/C14H20O2S/c1-14(2,3)16-13(15)10-7-11-5-8-12(17-4)9-6-11/h5-6,8-9H,7,10H2,1-4H3. The molecule has 0 bridgehead atoms. The molecular weight excluding hydrogens is 232 g/mol. The molecule has 17 heavy (non-hydrogen) atoms. The molecule has 0 aliphatic rings. The van der Waals surface area contributed by atoms with Crippen molar-refractivity contribution < 1.29 is 9.53 Å². The Balaban J connectivity index is 2.42. The van der Waals surface area contributed by atoms with E-state index in [0.717, 1.165) is 6.42 Å². The fourth-order valence-corrected chi connectivity index (χ4v) is 1.84. The van der Waals surface area contributed by atoms with Gasteiger partial charge in [0.2, 0.25) is 0 Å². The van der Waals surface area contributed by atoms with E-state index in [2.05, 4.69) is 30.5 Å². The van der Waals surface area contributed by atoms with Crippen LogP contribution in [0.2, 0.25) is 0 Å². The highest BCUT2D eigenvalue weighted by molar-refractivity contribution is 7.98. The quantitative estimate of drug-likeness (QED) is 0.604. The van der Waals surface area contributed by atoms with E-state index in [0.29, 0.717) is 6.42 Å². The number of aryl methyl sites for hydroxylation is 1. The third kappa shape index (κ3) is 5.78. The van der Waals surface area contributed by atoms with Gasteiger partial charge >= 0.3 is 5.97 Å². The van der Waals surface area contributed by atoms with Gasteiger partial charge in [-0.25, -0.2) is 0 Å². The SMILES string of the molecule is CSc1ccc(CCC(=O)OC(C)(C)C)cc1. The minimum atomic E-state index is -0.389. The molecule has 0 fully saturated rings. The zero-order chi connectivity index (χ0) is 12.9. The summed E-state index contributed by atoms with van der Waals surface area (Å²) in [5, 5.41) is 0. The molecule has 1 aromatic carbocycles. The largest absolute Gasteiger partial charge is 0.460 e. The lowest BCUT2D eigenvalue weighted by molar-refractivity contribution is -0.154. The van der Waals surface area contributed by atoms with Crippen molar-refractivity contribution in [2.24, 2.45) is 0 Å². The van der Waals surface area contributed by atoms with Crippen LogP contribution in [-0.2, 0) is 16.0 Å². The van der Waals surface area contributed by atoms with E-state index in [-0.39, 0.29) is 11.6 Å². The highest BCUT2D eigenvalue weighted by atomic mass is 32.2. The minimum absolute atomic E-state index is 0.133. The Morgan fingerprint density at radius 2 is 1.82 bits per heavy atom. The summed E-state index contributed by atoms with van der Waals surface area (Å²) in [7, 11) is 0. The summed E-state index contributed by atoms with van der Waals surface area (Å²) < 4.78 is 5.26. The van der Waals surface area contributed by atoms with Crippen molar-refractivity contribution >= 4 is 17.7 Å². The molecule has 0 N–H and O–H groups in total. The molecule has 0 spiro atoms. The number of carbonyl (C=O) groups is 1. The summed E-state index contributed by atoms with van der Waals surface area (Å²) in [5.41, 5.74) is 0.786. The van der Waals surface area contributed by atoms with Crippen LogP contribution in [0.25, 0.3) is 0 Å². The van der Waals surface area contributed by atoms with E-state index < -0.39 is 0 Å². The molecule has 0 amide bonds. The van der Waals surface area contributed by atoms with Crippen molar-refractivity contribution in [3.63, 3.8) is 0 Å². The molecular formula is C14H20O2S. The van der Waals surface area contributed by atoms with Crippen molar-refractivity contribution in [1.82, 2.24) is 0 Å². The molecule has 1 aromatic rings. The number of ether oxygens (including phenoxy) is 1. The van der Waals surface area contributed by atoms with Crippen molar-refractivity contribution in [2.45, 2.75) is 44.1 Å². The van der Waals surface area contributed by atoms with Gasteiger partial charge in [-0.05, 0) is 51.1 Å². The Morgan fingerprint density at radius 3 is 2.29 bits per heavy atom. The van der Waals surface area contributed by atoms with E-state index in [1.54, 1.807) is 11.8 Å². The van der Waals surface area contributed by atoms with Gasteiger partial charge in [0.05, 0.1) is 0 Å². The average Bonchev–Trinajstić information content (AvgIpc) is 2.25. The van der Waals surface area contributed by atoms with Gasteiger partial charge in [-0.3, -0.25) is 4.79 Å². The van der Waals surface area contributed by atoms with E-state index in [1.807, 2.05) is 20.8 Å². The topological polar surface area (TPSA) is 26.3 Å². The second-order valence-electron chi connectivity index (χ2n) is 4.93. The summed E-state index contributed by atoms with van der Waals surface area (Å²) in [4.78, 5) is 12.8. The first-order chi connectivity index (χ1) is 7.90. The predicted octanol–water partition coefficient (Wildman–Crippen LogP) is 3.68. The fraction of sp³-hybridized carbons (Fsp3) is 0.500. The molecule has 94 valence electrons. The molecule has 0 aliphatic heterocycles. The third-order valence-corrected chi connectivity index (χ3v) is 2.94. The molecule has 0 saturated heterocycles. The highest BCUT2D eigenvalue weighted by Gasteiger charge is 2.15. The van der Waals surface area contributed by atoms with Crippen LogP contribution in [0.1, 0.15) is 32.8 Å². The molecule has 0 aromatic heterocycles. The summed E-state index contributed by atoms with van der Waals surface area (Å²) in [6, 6.07) is 8.29. The molecule has 0 saturated carbocycles. The van der Waals surface area contributed by atoms with Gasteiger partial charge in [-0.2, -0.15) is 0 Å². The van der Waals surface area contributed by atoms with Crippen molar-refractivity contribution in [2.75, 3.05) is 6.26 Å². The van der Waals surface area contributed by atoms with Crippen LogP contribution in [0.5, 0.6) is 0 Å². The van der Waals surface area contributed by atoms with Crippen LogP contribution in [0.3, 0.4) is 0 Å². The first-order valence-corrected chi connectivity index (χ1v) is 6.98. The van der Waals surface area contributed by atoms with Gasteiger partial charge in [0.1, 0.15) is 5.60 Å². The smallest absolute Gasteiger partial charge is 0.306 e. The average molecular weight is 252 g/mol. The Hall–Kier alpha value is -0.960. The van der Waals surface area contributed by atoms with Gasteiger partial charge in [0.25, 0.3) is 0 Å².